The first-order valence-corrected chi connectivity index (χ1v) is 18.2. The Hall–Kier alpha value is -6.42. The highest BCUT2D eigenvalue weighted by atomic mass is 32.1. The zero-order chi connectivity index (χ0) is 33.7. The predicted molar refractivity (Wildman–Crippen MR) is 219 cm³/mol. The third kappa shape index (κ3) is 5.01. The van der Waals surface area contributed by atoms with E-state index in [9.17, 15) is 0 Å². The van der Waals surface area contributed by atoms with Gasteiger partial charge in [-0.25, -0.2) is 0 Å². The summed E-state index contributed by atoms with van der Waals surface area (Å²) in [6, 6.07) is 70.2. The summed E-state index contributed by atoms with van der Waals surface area (Å²) in [7, 11) is 0. The molecule has 10 aromatic rings. The van der Waals surface area contributed by atoms with Crippen molar-refractivity contribution in [3.8, 4) is 27.9 Å². The smallest absolute Gasteiger partial charge is 0.0728 e. The molecule has 0 unspecified atom stereocenters. The molecule has 0 bridgehead atoms. The second-order valence-corrected chi connectivity index (χ2v) is 14.0. The molecule has 8 aromatic carbocycles. The van der Waals surface area contributed by atoms with E-state index in [1.807, 2.05) is 11.3 Å². The van der Waals surface area contributed by atoms with Crippen LogP contribution in [0, 0.1) is 0 Å². The first kappa shape index (κ1) is 29.5. The van der Waals surface area contributed by atoms with E-state index in [1.54, 1.807) is 0 Å². The molecule has 0 N–H and O–H groups in total. The van der Waals surface area contributed by atoms with Crippen molar-refractivity contribution in [3.63, 3.8) is 0 Å². The quantitative estimate of drug-likeness (QED) is 0.171. The van der Waals surface area contributed by atoms with Gasteiger partial charge in [-0.15, -0.1) is 11.3 Å². The molecule has 0 fully saturated rings. The Morgan fingerprint density at radius 1 is 0.392 bits per heavy atom. The van der Waals surface area contributed by atoms with E-state index in [1.165, 1.54) is 75.6 Å². The fourth-order valence-electron chi connectivity index (χ4n) is 7.53. The van der Waals surface area contributed by atoms with Gasteiger partial charge in [-0.05, 0) is 87.6 Å². The van der Waals surface area contributed by atoms with Gasteiger partial charge in [0.15, 0.2) is 0 Å². The second-order valence-electron chi connectivity index (χ2n) is 13.0. The molecule has 3 heteroatoms. The van der Waals surface area contributed by atoms with Crippen molar-refractivity contribution >= 4 is 70.4 Å². The number of para-hydroxylation sites is 2. The molecule has 0 saturated heterocycles. The zero-order valence-electron chi connectivity index (χ0n) is 27.8. The standard InChI is InChI=1S/C48H32N2S/c1-3-12-33(13-4-1)35-24-28-40(29-25-35)49(41-30-26-36(27-31-41)38-23-22-34-14-7-8-15-37(34)32-38)45-21-11-19-43-46-48(51-47(43)45)42-18-9-10-20-44(42)50(46)39-16-5-2-6-17-39/h1-32H. The first-order valence-electron chi connectivity index (χ1n) is 17.4. The van der Waals surface area contributed by atoms with Gasteiger partial charge < -0.3 is 9.47 Å². The zero-order valence-corrected chi connectivity index (χ0v) is 28.6. The van der Waals surface area contributed by atoms with Gasteiger partial charge in [0.25, 0.3) is 0 Å². The van der Waals surface area contributed by atoms with E-state index in [-0.39, 0.29) is 0 Å². The van der Waals surface area contributed by atoms with E-state index in [0.29, 0.717) is 0 Å². The number of benzene rings is 8. The van der Waals surface area contributed by atoms with E-state index >= 15 is 0 Å². The minimum absolute atomic E-state index is 1.12. The first-order chi connectivity index (χ1) is 25.3. The Morgan fingerprint density at radius 3 is 1.71 bits per heavy atom. The highest BCUT2D eigenvalue weighted by Crippen LogP contribution is 2.48. The highest BCUT2D eigenvalue weighted by molar-refractivity contribution is 7.27. The molecule has 2 heterocycles. The molecular weight excluding hydrogens is 637 g/mol. The van der Waals surface area contributed by atoms with Gasteiger partial charge in [0.2, 0.25) is 0 Å². The number of anilines is 3. The van der Waals surface area contributed by atoms with Crippen LogP contribution in [0.15, 0.2) is 194 Å². The van der Waals surface area contributed by atoms with Crippen LogP contribution in [0.1, 0.15) is 0 Å². The number of nitrogens with zero attached hydrogens (tertiary/aromatic N) is 2. The SMILES string of the molecule is c1ccc(-c2ccc(N(c3ccc(-c4ccc5ccccc5c4)cc3)c3cccc4c3sc3c5ccccc5n(-c5ccccc5)c43)cc2)cc1. The maximum Gasteiger partial charge on any atom is 0.0728 e. The Bertz CT molecular complexity index is 2830. The maximum atomic E-state index is 2.44. The summed E-state index contributed by atoms with van der Waals surface area (Å²) in [5, 5.41) is 5.04. The molecule has 10 rings (SSSR count). The van der Waals surface area contributed by atoms with Crippen molar-refractivity contribution < 1.29 is 0 Å². The van der Waals surface area contributed by atoms with Crippen molar-refractivity contribution in [2.24, 2.45) is 0 Å². The molecule has 0 amide bonds. The van der Waals surface area contributed by atoms with Crippen LogP contribution in [0.2, 0.25) is 0 Å². The second kappa shape index (κ2) is 12.2. The van der Waals surface area contributed by atoms with Crippen LogP contribution in [-0.4, -0.2) is 4.57 Å². The number of hydrogen-bond donors (Lipinski definition) is 0. The van der Waals surface area contributed by atoms with Crippen LogP contribution in [-0.2, 0) is 0 Å². The minimum Gasteiger partial charge on any atom is -0.309 e. The molecule has 2 nitrogen and oxygen atoms in total. The van der Waals surface area contributed by atoms with Gasteiger partial charge in [0.1, 0.15) is 0 Å². The Balaban J connectivity index is 1.16. The van der Waals surface area contributed by atoms with Crippen molar-refractivity contribution in [2.45, 2.75) is 0 Å². The van der Waals surface area contributed by atoms with Gasteiger partial charge in [-0.3, -0.25) is 0 Å². The predicted octanol–water partition coefficient (Wildman–Crippen LogP) is 14.0. The van der Waals surface area contributed by atoms with Gasteiger partial charge in [0.05, 0.1) is 26.1 Å². The summed E-state index contributed by atoms with van der Waals surface area (Å²) in [4.78, 5) is 2.42. The van der Waals surface area contributed by atoms with Gasteiger partial charge in [-0.1, -0.05) is 140 Å². The monoisotopic (exact) mass is 668 g/mol. The molecule has 2 aromatic heterocycles. The lowest BCUT2D eigenvalue weighted by atomic mass is 10.0. The minimum atomic E-state index is 1.12. The summed E-state index contributed by atoms with van der Waals surface area (Å²) in [6.07, 6.45) is 0. The lowest BCUT2D eigenvalue weighted by molar-refractivity contribution is 1.19. The van der Waals surface area contributed by atoms with Gasteiger partial charge >= 0.3 is 0 Å². The van der Waals surface area contributed by atoms with Crippen LogP contribution >= 0.6 is 11.3 Å². The molecule has 0 saturated carbocycles. The van der Waals surface area contributed by atoms with Crippen molar-refractivity contribution in [1.82, 2.24) is 4.57 Å². The third-order valence-electron chi connectivity index (χ3n) is 9.98. The molecule has 0 aliphatic carbocycles. The Kier molecular flexibility index (Phi) is 7.04. The van der Waals surface area contributed by atoms with Crippen molar-refractivity contribution in [3.05, 3.63) is 194 Å². The van der Waals surface area contributed by atoms with Crippen molar-refractivity contribution in [1.29, 1.82) is 0 Å². The van der Waals surface area contributed by atoms with Gasteiger partial charge in [0, 0.05) is 27.8 Å². The van der Waals surface area contributed by atoms with E-state index in [4.69, 9.17) is 0 Å². The number of fused-ring (bicyclic) bond motifs is 6. The van der Waals surface area contributed by atoms with Crippen LogP contribution in [0.5, 0.6) is 0 Å². The van der Waals surface area contributed by atoms with Crippen LogP contribution in [0.25, 0.3) is 69.9 Å². The summed E-state index contributed by atoms with van der Waals surface area (Å²) in [6.45, 7) is 0. The number of aromatic nitrogens is 1. The van der Waals surface area contributed by atoms with E-state index in [0.717, 1.165) is 11.4 Å². The normalized spacial score (nSPS) is 11.5. The molecule has 0 aliphatic heterocycles. The van der Waals surface area contributed by atoms with Crippen LogP contribution < -0.4 is 4.90 Å². The fourth-order valence-corrected chi connectivity index (χ4v) is 8.85. The average molecular weight is 669 g/mol. The largest absolute Gasteiger partial charge is 0.309 e. The molecular formula is C48H32N2S. The molecule has 0 aliphatic rings. The van der Waals surface area contributed by atoms with E-state index in [2.05, 4.69) is 204 Å². The molecule has 240 valence electrons. The number of rotatable bonds is 6. The lowest BCUT2D eigenvalue weighted by Crippen LogP contribution is -2.10. The topological polar surface area (TPSA) is 8.17 Å². The molecule has 51 heavy (non-hydrogen) atoms. The fraction of sp³-hybridized carbons (Fsp3) is 0. The Morgan fingerprint density at radius 2 is 0.961 bits per heavy atom. The lowest BCUT2D eigenvalue weighted by Gasteiger charge is -2.26. The van der Waals surface area contributed by atoms with Crippen LogP contribution in [0.4, 0.5) is 17.1 Å². The summed E-state index contributed by atoms with van der Waals surface area (Å²) >= 11 is 1.89. The molecule has 0 spiro atoms. The number of hydrogen-bond acceptors (Lipinski definition) is 2. The summed E-state index contributed by atoms with van der Waals surface area (Å²) in [5.74, 6) is 0. The maximum absolute atomic E-state index is 2.44. The number of thiophene rings is 1. The molecule has 0 atom stereocenters. The van der Waals surface area contributed by atoms with Crippen molar-refractivity contribution in [2.75, 3.05) is 4.90 Å². The van der Waals surface area contributed by atoms with Crippen LogP contribution in [0.3, 0.4) is 0 Å². The average Bonchev–Trinajstić information content (AvgIpc) is 3.74. The van der Waals surface area contributed by atoms with E-state index < -0.39 is 0 Å². The van der Waals surface area contributed by atoms with Gasteiger partial charge in [-0.2, -0.15) is 0 Å². The Labute approximate surface area is 300 Å². The summed E-state index contributed by atoms with van der Waals surface area (Å²) < 4.78 is 5.01. The summed E-state index contributed by atoms with van der Waals surface area (Å²) in [5.41, 5.74) is 11.9. The molecule has 0 radical (unpaired) electrons. The third-order valence-corrected chi connectivity index (χ3v) is 11.2. The highest BCUT2D eigenvalue weighted by Gasteiger charge is 2.22.